The van der Waals surface area contributed by atoms with Crippen LogP contribution >= 0.6 is 11.6 Å². The van der Waals surface area contributed by atoms with Crippen molar-refractivity contribution in [1.29, 1.82) is 0 Å². The topological polar surface area (TPSA) is 23.6 Å². The number of rotatable bonds is 3. The highest BCUT2D eigenvalue weighted by Crippen LogP contribution is 2.15. The second kappa shape index (κ2) is 6.95. The maximum atomic E-state index is 12.1. The van der Waals surface area contributed by atoms with E-state index in [9.17, 15) is 4.79 Å². The predicted molar refractivity (Wildman–Crippen MR) is 91.7 cm³/mol. The van der Waals surface area contributed by atoms with Gasteiger partial charge in [0.2, 0.25) is 5.43 Å². The van der Waals surface area contributed by atoms with Crippen molar-refractivity contribution in [3.05, 3.63) is 75.4 Å². The molecule has 0 unspecified atom stereocenters. The van der Waals surface area contributed by atoms with Crippen LogP contribution in [0, 0.1) is 0 Å². The van der Waals surface area contributed by atoms with Crippen molar-refractivity contribution in [3.63, 3.8) is 0 Å². The number of hydrogen-bond acceptors (Lipinski definition) is 3. The van der Waals surface area contributed by atoms with E-state index in [1.165, 1.54) is 5.56 Å². The number of halogens is 1. The van der Waals surface area contributed by atoms with E-state index in [1.54, 1.807) is 12.1 Å². The van der Waals surface area contributed by atoms with E-state index in [0.29, 0.717) is 0 Å². The summed E-state index contributed by atoms with van der Waals surface area (Å²) in [6, 6.07) is 17.2. The average molecular weight is 315 g/mol. The lowest BCUT2D eigenvalue weighted by Crippen LogP contribution is -2.47. The Morgan fingerprint density at radius 1 is 0.909 bits per heavy atom. The van der Waals surface area contributed by atoms with Crippen LogP contribution in [0.4, 0.5) is 5.69 Å². The van der Waals surface area contributed by atoms with E-state index < -0.39 is 0 Å². The Balaban J connectivity index is 1.63. The Morgan fingerprint density at radius 3 is 2.45 bits per heavy atom. The second-order valence-corrected chi connectivity index (χ2v) is 5.99. The molecule has 22 heavy (non-hydrogen) atoms. The molecule has 2 aromatic carbocycles. The molecule has 0 aliphatic carbocycles. The second-order valence-electron chi connectivity index (χ2n) is 5.55. The summed E-state index contributed by atoms with van der Waals surface area (Å²) in [5.41, 5.74) is 2.12. The average Bonchev–Trinajstić information content (AvgIpc) is 2.73. The maximum absolute atomic E-state index is 12.1. The zero-order valence-electron chi connectivity index (χ0n) is 12.4. The molecular weight excluding hydrogens is 296 g/mol. The smallest absolute Gasteiger partial charge is 0.201 e. The van der Waals surface area contributed by atoms with Crippen molar-refractivity contribution in [2.45, 2.75) is 6.54 Å². The zero-order chi connectivity index (χ0) is 15.4. The molecule has 3 rings (SSSR count). The summed E-state index contributed by atoms with van der Waals surface area (Å²) in [6.07, 6.45) is 0. The molecule has 0 N–H and O–H groups in total. The third kappa shape index (κ3) is 3.67. The lowest BCUT2D eigenvalue weighted by molar-refractivity contribution is 0.250. The van der Waals surface area contributed by atoms with E-state index in [1.807, 2.05) is 36.4 Å². The third-order valence-electron chi connectivity index (χ3n) is 3.98. The molecule has 3 nitrogen and oxygen atoms in total. The van der Waals surface area contributed by atoms with Crippen LogP contribution in [-0.4, -0.2) is 31.1 Å². The minimum atomic E-state index is 0.0910. The van der Waals surface area contributed by atoms with Crippen molar-refractivity contribution in [3.8, 4) is 0 Å². The Bertz CT molecular complexity index is 696. The van der Waals surface area contributed by atoms with Gasteiger partial charge >= 0.3 is 0 Å². The van der Waals surface area contributed by atoms with Crippen LogP contribution in [0.1, 0.15) is 5.56 Å². The predicted octanol–water partition coefficient (Wildman–Crippen LogP) is 3.02. The SMILES string of the molecule is O=c1cccccc1N1CCN(Cc2cccc(Cl)c2)CC1. The van der Waals surface area contributed by atoms with Crippen LogP contribution in [-0.2, 0) is 6.54 Å². The van der Waals surface area contributed by atoms with Gasteiger partial charge in [0.15, 0.2) is 0 Å². The monoisotopic (exact) mass is 314 g/mol. The van der Waals surface area contributed by atoms with E-state index in [0.717, 1.165) is 43.4 Å². The van der Waals surface area contributed by atoms with Gasteiger partial charge in [0, 0.05) is 37.7 Å². The Kier molecular flexibility index (Phi) is 4.76. The largest absolute Gasteiger partial charge is 0.366 e. The molecule has 0 bridgehead atoms. The highest BCUT2D eigenvalue weighted by Gasteiger charge is 2.18. The van der Waals surface area contributed by atoms with Gasteiger partial charge in [-0.2, -0.15) is 0 Å². The lowest BCUT2D eigenvalue weighted by atomic mass is 10.2. The third-order valence-corrected chi connectivity index (χ3v) is 4.22. The van der Waals surface area contributed by atoms with Crippen molar-refractivity contribution in [2.75, 3.05) is 31.1 Å². The molecule has 114 valence electrons. The summed E-state index contributed by atoms with van der Waals surface area (Å²) in [5.74, 6) is 0. The normalized spacial score (nSPS) is 15.8. The Labute approximate surface area is 135 Å². The molecule has 4 heteroatoms. The summed E-state index contributed by atoms with van der Waals surface area (Å²) >= 11 is 6.03. The standard InChI is InChI=1S/C18H19ClN2O/c19-16-6-4-5-15(13-16)14-20-9-11-21(12-10-20)17-7-2-1-3-8-18(17)22/h1-8,13H,9-12,14H2. The van der Waals surface area contributed by atoms with Crippen LogP contribution in [0.25, 0.3) is 0 Å². The number of nitrogens with zero attached hydrogens (tertiary/aromatic N) is 2. The van der Waals surface area contributed by atoms with Gasteiger partial charge in [-0.3, -0.25) is 9.69 Å². The molecule has 0 spiro atoms. The van der Waals surface area contributed by atoms with Crippen LogP contribution in [0.2, 0.25) is 5.02 Å². The highest BCUT2D eigenvalue weighted by atomic mass is 35.5. The van der Waals surface area contributed by atoms with Crippen LogP contribution in [0.15, 0.2) is 59.4 Å². The first-order chi connectivity index (χ1) is 10.7. The minimum absolute atomic E-state index is 0.0910. The molecular formula is C18H19ClN2O. The fourth-order valence-corrected chi connectivity index (χ4v) is 3.04. The molecule has 1 fully saturated rings. The zero-order valence-corrected chi connectivity index (χ0v) is 13.2. The molecule has 0 amide bonds. The molecule has 1 saturated heterocycles. The van der Waals surface area contributed by atoms with Crippen LogP contribution in [0.5, 0.6) is 0 Å². The Morgan fingerprint density at radius 2 is 1.68 bits per heavy atom. The molecule has 0 saturated carbocycles. The molecule has 1 aliphatic rings. The molecule has 1 heterocycles. The quantitative estimate of drug-likeness (QED) is 0.870. The van der Waals surface area contributed by atoms with Gasteiger partial charge < -0.3 is 4.90 Å². The van der Waals surface area contributed by atoms with Gasteiger partial charge in [0.25, 0.3) is 0 Å². The van der Waals surface area contributed by atoms with Crippen LogP contribution < -0.4 is 10.3 Å². The summed E-state index contributed by atoms with van der Waals surface area (Å²) in [6.45, 7) is 4.55. The van der Waals surface area contributed by atoms with Crippen molar-refractivity contribution in [2.24, 2.45) is 0 Å². The van der Waals surface area contributed by atoms with Gasteiger partial charge in [-0.1, -0.05) is 41.9 Å². The maximum Gasteiger partial charge on any atom is 0.201 e. The fraction of sp³-hybridized carbons (Fsp3) is 0.278. The van der Waals surface area contributed by atoms with Gasteiger partial charge in [-0.15, -0.1) is 0 Å². The van der Waals surface area contributed by atoms with E-state index in [-0.39, 0.29) is 5.43 Å². The summed E-state index contributed by atoms with van der Waals surface area (Å²) in [7, 11) is 0. The first-order valence-corrected chi connectivity index (χ1v) is 7.91. The summed E-state index contributed by atoms with van der Waals surface area (Å²) in [4.78, 5) is 16.6. The van der Waals surface area contributed by atoms with E-state index >= 15 is 0 Å². The number of hydrogen-bond donors (Lipinski definition) is 0. The molecule has 1 aliphatic heterocycles. The minimum Gasteiger partial charge on any atom is -0.366 e. The number of piperazine rings is 1. The summed E-state index contributed by atoms with van der Waals surface area (Å²) in [5, 5.41) is 0.781. The van der Waals surface area contributed by atoms with Crippen molar-refractivity contribution < 1.29 is 0 Å². The lowest BCUT2D eigenvalue weighted by Gasteiger charge is -2.35. The van der Waals surface area contributed by atoms with Gasteiger partial charge in [-0.05, 0) is 29.8 Å². The molecule has 0 radical (unpaired) electrons. The molecule has 2 aromatic rings. The number of anilines is 1. The highest BCUT2D eigenvalue weighted by molar-refractivity contribution is 6.30. The first kappa shape index (κ1) is 15.1. The van der Waals surface area contributed by atoms with Crippen molar-refractivity contribution >= 4 is 17.3 Å². The fourth-order valence-electron chi connectivity index (χ4n) is 2.82. The summed E-state index contributed by atoms with van der Waals surface area (Å²) < 4.78 is 0. The van der Waals surface area contributed by atoms with Gasteiger partial charge in [0.1, 0.15) is 0 Å². The molecule has 0 atom stereocenters. The van der Waals surface area contributed by atoms with E-state index in [2.05, 4.69) is 15.9 Å². The Hall–Kier alpha value is -1.84. The van der Waals surface area contributed by atoms with Crippen molar-refractivity contribution in [1.82, 2.24) is 4.90 Å². The van der Waals surface area contributed by atoms with E-state index in [4.69, 9.17) is 11.6 Å². The first-order valence-electron chi connectivity index (χ1n) is 7.53. The molecule has 0 aromatic heterocycles. The van der Waals surface area contributed by atoms with Gasteiger partial charge in [0.05, 0.1) is 5.69 Å². The number of benzene rings is 1. The van der Waals surface area contributed by atoms with Crippen LogP contribution in [0.3, 0.4) is 0 Å². The van der Waals surface area contributed by atoms with Gasteiger partial charge in [-0.25, -0.2) is 0 Å².